The maximum atomic E-state index is 12.7. The van der Waals surface area contributed by atoms with Crippen molar-refractivity contribution in [1.82, 2.24) is 10.2 Å². The summed E-state index contributed by atoms with van der Waals surface area (Å²) in [4.78, 5) is 14.8. The van der Waals surface area contributed by atoms with E-state index < -0.39 is 0 Å². The van der Waals surface area contributed by atoms with Crippen LogP contribution in [0, 0.1) is 5.92 Å². The number of amides is 1. The molecule has 0 aromatic heterocycles. The molecule has 2 rings (SSSR count). The fourth-order valence-corrected chi connectivity index (χ4v) is 3.12. The average Bonchev–Trinajstić information content (AvgIpc) is 2.77. The first-order valence-corrected chi connectivity index (χ1v) is 8.95. The molecule has 1 aromatic carbocycles. The normalized spacial score (nSPS) is 23.9. The Morgan fingerprint density at radius 3 is 2.48 bits per heavy atom. The van der Waals surface area contributed by atoms with E-state index in [2.05, 4.69) is 44.5 Å². The number of thioether (sulfide) groups is 1. The molecule has 1 fully saturated rings. The van der Waals surface area contributed by atoms with Gasteiger partial charge in [0.15, 0.2) is 0 Å². The van der Waals surface area contributed by atoms with Crippen LogP contribution in [0.2, 0.25) is 0 Å². The molecule has 0 saturated carbocycles. The Labute approximate surface area is 132 Å². The van der Waals surface area contributed by atoms with Crippen molar-refractivity contribution < 1.29 is 4.79 Å². The molecular formula is C17H26N2OS. The van der Waals surface area contributed by atoms with Crippen molar-refractivity contribution >= 4 is 17.7 Å². The average molecular weight is 306 g/mol. The maximum Gasteiger partial charge on any atom is 0.241 e. The molecule has 3 unspecified atom stereocenters. The van der Waals surface area contributed by atoms with Gasteiger partial charge in [-0.25, -0.2) is 0 Å². The largest absolute Gasteiger partial charge is 0.324 e. The van der Waals surface area contributed by atoms with Gasteiger partial charge in [0.2, 0.25) is 5.91 Å². The first kappa shape index (κ1) is 16.4. The molecule has 21 heavy (non-hydrogen) atoms. The molecule has 0 radical (unpaired) electrons. The van der Waals surface area contributed by atoms with Gasteiger partial charge < -0.3 is 4.90 Å². The summed E-state index contributed by atoms with van der Waals surface area (Å²) < 4.78 is 0. The Morgan fingerprint density at radius 1 is 1.24 bits per heavy atom. The quantitative estimate of drug-likeness (QED) is 0.877. The second-order valence-corrected chi connectivity index (χ2v) is 7.41. The van der Waals surface area contributed by atoms with Crippen molar-refractivity contribution in [2.24, 2.45) is 5.92 Å². The van der Waals surface area contributed by atoms with Crippen molar-refractivity contribution in [2.45, 2.75) is 44.6 Å². The monoisotopic (exact) mass is 306 g/mol. The minimum Gasteiger partial charge on any atom is -0.324 e. The number of carbonyl (C=O) groups excluding carboxylic acids is 1. The topological polar surface area (TPSA) is 32.3 Å². The van der Waals surface area contributed by atoms with E-state index in [1.807, 2.05) is 34.9 Å². The number of hydrogen-bond acceptors (Lipinski definition) is 3. The minimum absolute atomic E-state index is 0.0890. The zero-order valence-corrected chi connectivity index (χ0v) is 14.2. The van der Waals surface area contributed by atoms with Crippen LogP contribution < -0.4 is 5.32 Å². The summed E-state index contributed by atoms with van der Waals surface area (Å²) in [6.45, 7) is 7.35. The first-order valence-electron chi connectivity index (χ1n) is 7.66. The van der Waals surface area contributed by atoms with E-state index in [0.717, 1.165) is 13.0 Å². The Hall–Kier alpha value is -1.00. The lowest BCUT2D eigenvalue weighted by atomic mass is 10.1. The molecule has 1 aliphatic heterocycles. The van der Waals surface area contributed by atoms with Crippen molar-refractivity contribution in [3.8, 4) is 0 Å². The van der Waals surface area contributed by atoms with Crippen molar-refractivity contribution in [1.29, 1.82) is 0 Å². The van der Waals surface area contributed by atoms with Gasteiger partial charge in [-0.15, -0.1) is 0 Å². The molecule has 0 bridgehead atoms. The second kappa shape index (κ2) is 7.32. The molecule has 1 N–H and O–H groups in total. The number of rotatable bonds is 6. The van der Waals surface area contributed by atoms with Gasteiger partial charge in [-0.2, -0.15) is 11.8 Å². The highest BCUT2D eigenvalue weighted by Crippen LogP contribution is 2.22. The van der Waals surface area contributed by atoms with Crippen LogP contribution in [0.3, 0.4) is 0 Å². The molecule has 0 spiro atoms. The number of hydrogen-bond donors (Lipinski definition) is 1. The highest BCUT2D eigenvalue weighted by atomic mass is 32.2. The Morgan fingerprint density at radius 2 is 1.90 bits per heavy atom. The van der Waals surface area contributed by atoms with Crippen LogP contribution in [0.1, 0.15) is 26.3 Å². The lowest BCUT2D eigenvalue weighted by Crippen LogP contribution is -2.44. The van der Waals surface area contributed by atoms with Gasteiger partial charge in [-0.05, 0) is 24.2 Å². The van der Waals surface area contributed by atoms with Crippen LogP contribution in [0.25, 0.3) is 0 Å². The summed E-state index contributed by atoms with van der Waals surface area (Å²) in [6.07, 6.45) is 3.03. The van der Waals surface area contributed by atoms with E-state index in [1.165, 1.54) is 5.56 Å². The number of benzene rings is 1. The Kier molecular flexibility index (Phi) is 5.71. The Balaban J connectivity index is 2.09. The van der Waals surface area contributed by atoms with Crippen LogP contribution in [-0.2, 0) is 11.2 Å². The highest BCUT2D eigenvalue weighted by Gasteiger charge is 2.40. The van der Waals surface area contributed by atoms with Crippen molar-refractivity contribution in [2.75, 3.05) is 12.8 Å². The molecule has 1 heterocycles. The van der Waals surface area contributed by atoms with E-state index in [0.29, 0.717) is 11.2 Å². The third-order valence-electron chi connectivity index (χ3n) is 4.06. The van der Waals surface area contributed by atoms with Crippen LogP contribution in [0.15, 0.2) is 30.3 Å². The third-order valence-corrected chi connectivity index (χ3v) is 5.01. The molecular weight excluding hydrogens is 280 g/mol. The van der Waals surface area contributed by atoms with E-state index in [4.69, 9.17) is 0 Å². The van der Waals surface area contributed by atoms with Crippen LogP contribution in [0.4, 0.5) is 0 Å². The van der Waals surface area contributed by atoms with Gasteiger partial charge in [0.25, 0.3) is 0 Å². The predicted octanol–water partition coefficient (Wildman–Crippen LogP) is 2.76. The van der Waals surface area contributed by atoms with E-state index in [-0.39, 0.29) is 18.1 Å². The zero-order valence-electron chi connectivity index (χ0n) is 13.4. The fourth-order valence-electron chi connectivity index (χ4n) is 2.81. The lowest BCUT2D eigenvalue weighted by molar-refractivity contribution is -0.130. The molecule has 0 aliphatic carbocycles. The summed E-state index contributed by atoms with van der Waals surface area (Å²) in [5.41, 5.74) is 1.21. The molecule has 116 valence electrons. The zero-order chi connectivity index (χ0) is 15.4. The molecule has 1 aromatic rings. The van der Waals surface area contributed by atoms with Gasteiger partial charge in [0, 0.05) is 11.8 Å². The highest BCUT2D eigenvalue weighted by molar-refractivity contribution is 7.99. The number of nitrogens with one attached hydrogen (secondary N) is 1. The third kappa shape index (κ3) is 4.01. The van der Waals surface area contributed by atoms with Crippen molar-refractivity contribution in [3.05, 3.63) is 35.9 Å². The second-order valence-electron chi connectivity index (χ2n) is 6.13. The standard InChI is InChI=1S/C17H26N2OS/c1-12(2)16-18-15(10-14-8-6-5-7-9-14)17(20)19(16)11-13(3)21-4/h5-9,12-13,15-16,18H,10-11H2,1-4H3. The molecule has 1 saturated heterocycles. The van der Waals surface area contributed by atoms with Gasteiger partial charge in [0.05, 0.1) is 12.2 Å². The molecule has 3 nitrogen and oxygen atoms in total. The summed E-state index contributed by atoms with van der Waals surface area (Å²) >= 11 is 1.81. The lowest BCUT2D eigenvalue weighted by Gasteiger charge is -2.29. The summed E-state index contributed by atoms with van der Waals surface area (Å²) in [6, 6.07) is 10.2. The van der Waals surface area contributed by atoms with E-state index >= 15 is 0 Å². The summed E-state index contributed by atoms with van der Waals surface area (Å²) in [7, 11) is 0. The van der Waals surface area contributed by atoms with E-state index in [9.17, 15) is 4.79 Å². The fraction of sp³-hybridized carbons (Fsp3) is 0.588. The molecule has 1 aliphatic rings. The molecule has 4 heteroatoms. The molecule has 3 atom stereocenters. The summed E-state index contributed by atoms with van der Waals surface area (Å²) in [5, 5.41) is 4.00. The first-order chi connectivity index (χ1) is 10.0. The molecule has 1 amide bonds. The van der Waals surface area contributed by atoms with Gasteiger partial charge in [0.1, 0.15) is 0 Å². The van der Waals surface area contributed by atoms with Gasteiger partial charge in [-0.3, -0.25) is 10.1 Å². The Bertz CT molecular complexity index is 463. The predicted molar refractivity (Wildman–Crippen MR) is 90.4 cm³/mol. The smallest absolute Gasteiger partial charge is 0.241 e. The SMILES string of the molecule is CSC(C)CN1C(=O)C(Cc2ccccc2)NC1C(C)C. The number of carbonyl (C=O) groups is 1. The summed E-state index contributed by atoms with van der Waals surface area (Å²) in [5.74, 6) is 0.669. The van der Waals surface area contributed by atoms with E-state index in [1.54, 1.807) is 0 Å². The van der Waals surface area contributed by atoms with Crippen LogP contribution >= 0.6 is 11.8 Å². The minimum atomic E-state index is -0.0890. The van der Waals surface area contributed by atoms with Crippen LogP contribution in [0.5, 0.6) is 0 Å². The number of nitrogens with zero attached hydrogens (tertiary/aromatic N) is 1. The van der Waals surface area contributed by atoms with Crippen LogP contribution in [-0.4, -0.2) is 41.1 Å². The van der Waals surface area contributed by atoms with Crippen molar-refractivity contribution in [3.63, 3.8) is 0 Å². The maximum absolute atomic E-state index is 12.7. The van der Waals surface area contributed by atoms with Gasteiger partial charge in [-0.1, -0.05) is 51.1 Å². The van der Waals surface area contributed by atoms with Gasteiger partial charge >= 0.3 is 0 Å².